The minimum atomic E-state index is -0.459. The van der Waals surface area contributed by atoms with Gasteiger partial charge < -0.3 is 15.4 Å². The third-order valence-electron chi connectivity index (χ3n) is 1.94. The van der Waals surface area contributed by atoms with E-state index in [0.29, 0.717) is 26.3 Å². The Balaban J connectivity index is 2.16. The highest BCUT2D eigenvalue weighted by atomic mass is 16.5. The highest BCUT2D eigenvalue weighted by Crippen LogP contribution is 1.96. The Labute approximate surface area is 82.4 Å². The molecule has 1 fully saturated rings. The van der Waals surface area contributed by atoms with Gasteiger partial charge in [0, 0.05) is 13.1 Å². The lowest BCUT2D eigenvalue weighted by atomic mass is 10.4. The molecule has 0 aliphatic carbocycles. The third kappa shape index (κ3) is 3.71. The maximum atomic E-state index is 11.4. The summed E-state index contributed by atoms with van der Waals surface area (Å²) in [6.07, 6.45) is 0. The van der Waals surface area contributed by atoms with Crippen molar-refractivity contribution in [1.82, 2.24) is 10.2 Å². The molecule has 1 aliphatic rings. The van der Waals surface area contributed by atoms with E-state index in [1.807, 2.05) is 0 Å². The van der Waals surface area contributed by atoms with Crippen LogP contribution in [0.5, 0.6) is 0 Å². The van der Waals surface area contributed by atoms with Crippen LogP contribution in [0.4, 0.5) is 0 Å². The number of amides is 2. The monoisotopic (exact) mass is 201 g/mol. The van der Waals surface area contributed by atoms with Crippen molar-refractivity contribution in [3.05, 3.63) is 0 Å². The van der Waals surface area contributed by atoms with Gasteiger partial charge in [-0.2, -0.15) is 0 Å². The van der Waals surface area contributed by atoms with E-state index in [2.05, 4.69) is 5.32 Å². The normalized spacial score (nSPS) is 16.7. The molecule has 3 N–H and O–H groups in total. The largest absolute Gasteiger partial charge is 0.378 e. The molecule has 1 rings (SSSR count). The van der Waals surface area contributed by atoms with Gasteiger partial charge in [0.05, 0.1) is 26.3 Å². The topological polar surface area (TPSA) is 84.7 Å². The molecule has 80 valence electrons. The first-order valence-corrected chi connectivity index (χ1v) is 4.54. The van der Waals surface area contributed by atoms with Crippen LogP contribution in [0.1, 0.15) is 0 Å². The summed E-state index contributed by atoms with van der Waals surface area (Å²) in [6, 6.07) is 0. The second-order valence-electron chi connectivity index (χ2n) is 3.06. The van der Waals surface area contributed by atoms with Crippen LogP contribution in [0.25, 0.3) is 0 Å². The molecule has 0 saturated carbocycles. The number of primary amides is 1. The number of hydrogen-bond acceptors (Lipinski definition) is 4. The van der Waals surface area contributed by atoms with Crippen molar-refractivity contribution >= 4 is 11.8 Å². The van der Waals surface area contributed by atoms with E-state index in [-0.39, 0.29) is 19.0 Å². The Morgan fingerprint density at radius 2 is 1.93 bits per heavy atom. The van der Waals surface area contributed by atoms with E-state index in [1.165, 1.54) is 0 Å². The molecule has 0 bridgehead atoms. The molecule has 0 spiro atoms. The summed E-state index contributed by atoms with van der Waals surface area (Å²) in [7, 11) is 0. The molecule has 0 aromatic rings. The second kappa shape index (κ2) is 5.56. The minimum absolute atomic E-state index is 0.0189. The fraction of sp³-hybridized carbons (Fsp3) is 0.750. The van der Waals surface area contributed by atoms with Crippen LogP contribution in [0.15, 0.2) is 0 Å². The van der Waals surface area contributed by atoms with Gasteiger partial charge in [-0.1, -0.05) is 0 Å². The minimum Gasteiger partial charge on any atom is -0.378 e. The molecule has 1 saturated heterocycles. The molecular weight excluding hydrogens is 186 g/mol. The Hall–Kier alpha value is -1.14. The van der Waals surface area contributed by atoms with E-state index in [4.69, 9.17) is 10.5 Å². The summed E-state index contributed by atoms with van der Waals surface area (Å²) in [5, 5.41) is 2.68. The Morgan fingerprint density at radius 1 is 1.29 bits per heavy atom. The molecule has 2 amide bonds. The first-order chi connectivity index (χ1) is 6.70. The van der Waals surface area contributed by atoms with E-state index < -0.39 is 5.91 Å². The zero-order chi connectivity index (χ0) is 10.4. The van der Waals surface area contributed by atoms with Gasteiger partial charge in [-0.05, 0) is 0 Å². The number of carbonyl (C=O) groups excluding carboxylic acids is 2. The van der Waals surface area contributed by atoms with Crippen LogP contribution in [0, 0.1) is 0 Å². The lowest BCUT2D eigenvalue weighted by Crippen LogP contribution is -2.45. The average Bonchev–Trinajstić information content (AvgIpc) is 2.18. The molecule has 0 aromatic carbocycles. The van der Waals surface area contributed by atoms with Crippen LogP contribution in [0.2, 0.25) is 0 Å². The second-order valence-corrected chi connectivity index (χ2v) is 3.06. The highest BCUT2D eigenvalue weighted by molar-refractivity contribution is 5.80. The molecule has 14 heavy (non-hydrogen) atoms. The van der Waals surface area contributed by atoms with Crippen molar-refractivity contribution in [2.45, 2.75) is 0 Å². The summed E-state index contributed by atoms with van der Waals surface area (Å²) in [4.78, 5) is 23.5. The summed E-state index contributed by atoms with van der Waals surface area (Å²) in [6.45, 7) is 2.61. The quantitative estimate of drug-likeness (QED) is 0.546. The predicted octanol–water partition coefficient (Wildman–Crippen LogP) is -2.08. The van der Waals surface area contributed by atoms with Crippen LogP contribution in [0.3, 0.4) is 0 Å². The van der Waals surface area contributed by atoms with E-state index >= 15 is 0 Å². The zero-order valence-electron chi connectivity index (χ0n) is 7.99. The number of carbonyl (C=O) groups is 2. The fourth-order valence-electron chi connectivity index (χ4n) is 1.22. The SMILES string of the molecule is NC(=O)CNCC(=O)N1CCOCC1. The van der Waals surface area contributed by atoms with Gasteiger partial charge in [0.2, 0.25) is 11.8 Å². The number of rotatable bonds is 4. The number of nitrogens with two attached hydrogens (primary N) is 1. The van der Waals surface area contributed by atoms with Gasteiger partial charge >= 0.3 is 0 Å². The number of morpholine rings is 1. The standard InChI is InChI=1S/C8H15N3O3/c9-7(12)5-10-6-8(13)11-1-3-14-4-2-11/h10H,1-6H2,(H2,9,12). The van der Waals surface area contributed by atoms with E-state index in [0.717, 1.165) is 0 Å². The molecule has 0 atom stereocenters. The maximum absolute atomic E-state index is 11.4. The van der Waals surface area contributed by atoms with Crippen LogP contribution in [-0.2, 0) is 14.3 Å². The first-order valence-electron chi connectivity index (χ1n) is 4.54. The van der Waals surface area contributed by atoms with Crippen LogP contribution >= 0.6 is 0 Å². The van der Waals surface area contributed by atoms with Gasteiger partial charge in [0.15, 0.2) is 0 Å². The maximum Gasteiger partial charge on any atom is 0.236 e. The van der Waals surface area contributed by atoms with Crippen molar-refractivity contribution in [2.24, 2.45) is 5.73 Å². The first kappa shape index (κ1) is 10.9. The van der Waals surface area contributed by atoms with Crippen molar-refractivity contribution in [3.8, 4) is 0 Å². The molecule has 6 heteroatoms. The Kier molecular flexibility index (Phi) is 4.34. The number of ether oxygens (including phenoxy) is 1. The van der Waals surface area contributed by atoms with E-state index in [1.54, 1.807) is 4.90 Å². The molecule has 6 nitrogen and oxygen atoms in total. The fourth-order valence-corrected chi connectivity index (χ4v) is 1.22. The average molecular weight is 201 g/mol. The zero-order valence-corrected chi connectivity index (χ0v) is 7.99. The summed E-state index contributed by atoms with van der Waals surface area (Å²) < 4.78 is 5.10. The van der Waals surface area contributed by atoms with Crippen molar-refractivity contribution < 1.29 is 14.3 Å². The van der Waals surface area contributed by atoms with E-state index in [9.17, 15) is 9.59 Å². The molecule has 1 aliphatic heterocycles. The Morgan fingerprint density at radius 3 is 2.50 bits per heavy atom. The molecule has 0 aromatic heterocycles. The van der Waals surface area contributed by atoms with Crippen LogP contribution in [-0.4, -0.2) is 56.1 Å². The summed E-state index contributed by atoms with van der Waals surface area (Å²) in [5.41, 5.74) is 4.91. The smallest absolute Gasteiger partial charge is 0.236 e. The number of hydrogen-bond donors (Lipinski definition) is 2. The number of nitrogens with zero attached hydrogens (tertiary/aromatic N) is 1. The molecule has 0 unspecified atom stereocenters. The molecule has 0 radical (unpaired) electrons. The van der Waals surface area contributed by atoms with Crippen molar-refractivity contribution in [2.75, 3.05) is 39.4 Å². The summed E-state index contributed by atoms with van der Waals surface area (Å²) in [5.74, 6) is -0.477. The third-order valence-corrected chi connectivity index (χ3v) is 1.94. The van der Waals surface area contributed by atoms with Crippen LogP contribution < -0.4 is 11.1 Å². The van der Waals surface area contributed by atoms with Crippen molar-refractivity contribution in [3.63, 3.8) is 0 Å². The molecular formula is C8H15N3O3. The molecule has 1 heterocycles. The van der Waals surface area contributed by atoms with Gasteiger partial charge in [0.25, 0.3) is 0 Å². The number of nitrogens with one attached hydrogen (secondary N) is 1. The lowest BCUT2D eigenvalue weighted by Gasteiger charge is -2.26. The highest BCUT2D eigenvalue weighted by Gasteiger charge is 2.15. The lowest BCUT2D eigenvalue weighted by molar-refractivity contribution is -0.134. The van der Waals surface area contributed by atoms with Gasteiger partial charge in [-0.15, -0.1) is 0 Å². The Bertz CT molecular complexity index is 214. The predicted molar refractivity (Wildman–Crippen MR) is 49.5 cm³/mol. The summed E-state index contributed by atoms with van der Waals surface area (Å²) >= 11 is 0. The van der Waals surface area contributed by atoms with Gasteiger partial charge in [-0.3, -0.25) is 14.9 Å². The van der Waals surface area contributed by atoms with Gasteiger partial charge in [0.1, 0.15) is 0 Å². The van der Waals surface area contributed by atoms with Crippen molar-refractivity contribution in [1.29, 1.82) is 0 Å². The van der Waals surface area contributed by atoms with Gasteiger partial charge in [-0.25, -0.2) is 0 Å².